The van der Waals surface area contributed by atoms with Crippen molar-refractivity contribution in [3.63, 3.8) is 0 Å². The fraction of sp³-hybridized carbons (Fsp3) is 0.476. The van der Waals surface area contributed by atoms with Crippen molar-refractivity contribution >= 4 is 17.5 Å². The van der Waals surface area contributed by atoms with Gasteiger partial charge in [-0.25, -0.2) is 0 Å². The number of hydrogen-bond donors (Lipinski definition) is 1. The monoisotopic (exact) mass is 366 g/mol. The van der Waals surface area contributed by atoms with Gasteiger partial charge in [0.2, 0.25) is 5.91 Å². The van der Waals surface area contributed by atoms with Gasteiger partial charge in [0.25, 0.3) is 5.91 Å². The predicted molar refractivity (Wildman–Crippen MR) is 103 cm³/mol. The van der Waals surface area contributed by atoms with E-state index >= 15 is 0 Å². The van der Waals surface area contributed by atoms with Gasteiger partial charge in [-0.05, 0) is 67.9 Å². The lowest BCUT2D eigenvalue weighted by atomic mass is 9.90. The highest BCUT2D eigenvalue weighted by atomic mass is 16.2. The second-order valence-electron chi connectivity index (χ2n) is 8.12. The third kappa shape index (κ3) is 3.36. The third-order valence-corrected chi connectivity index (χ3v) is 6.08. The van der Waals surface area contributed by atoms with E-state index in [-0.39, 0.29) is 23.1 Å². The summed E-state index contributed by atoms with van der Waals surface area (Å²) < 4.78 is 1.61. The van der Waals surface area contributed by atoms with Gasteiger partial charge in [-0.2, -0.15) is 5.10 Å². The van der Waals surface area contributed by atoms with E-state index in [4.69, 9.17) is 0 Å². The molecule has 2 amide bonds. The van der Waals surface area contributed by atoms with Gasteiger partial charge in [0.05, 0.1) is 0 Å². The molecule has 2 fully saturated rings. The standard InChI is InChI=1S/C21H26N4O2/c1-14-10-15(2)12-16(11-14)23-19(26)17-13-21(17)5-8-25(9-6-21)20(27)18-4-7-22-24(18)3/h4,7,10-12,17H,5-6,8-9,13H2,1-3H3,(H,23,26)/t17-/m0/s1. The molecule has 1 aliphatic heterocycles. The van der Waals surface area contributed by atoms with Crippen molar-refractivity contribution in [2.45, 2.75) is 33.1 Å². The number of aromatic nitrogens is 2. The smallest absolute Gasteiger partial charge is 0.272 e. The number of rotatable bonds is 3. The van der Waals surface area contributed by atoms with E-state index in [9.17, 15) is 9.59 Å². The lowest BCUT2D eigenvalue weighted by molar-refractivity contribution is -0.118. The normalized spacial score (nSPS) is 20.6. The van der Waals surface area contributed by atoms with Gasteiger partial charge in [-0.15, -0.1) is 0 Å². The minimum Gasteiger partial charge on any atom is -0.337 e. The first-order chi connectivity index (χ1) is 12.9. The Kier molecular flexibility index (Phi) is 4.29. The maximum atomic E-state index is 12.7. The Balaban J connectivity index is 1.35. The summed E-state index contributed by atoms with van der Waals surface area (Å²) in [5, 5.41) is 7.17. The van der Waals surface area contributed by atoms with Crippen molar-refractivity contribution in [1.82, 2.24) is 14.7 Å². The van der Waals surface area contributed by atoms with Crippen LogP contribution in [0, 0.1) is 25.2 Å². The van der Waals surface area contributed by atoms with E-state index in [2.05, 4.69) is 16.5 Å². The summed E-state index contributed by atoms with van der Waals surface area (Å²) in [6.45, 7) is 5.49. The number of piperidine rings is 1. The molecule has 6 nitrogen and oxygen atoms in total. The number of anilines is 1. The summed E-state index contributed by atoms with van der Waals surface area (Å²) in [6, 6.07) is 7.87. The lowest BCUT2D eigenvalue weighted by Crippen LogP contribution is -2.40. The fourth-order valence-corrected chi connectivity index (χ4v) is 4.45. The molecule has 1 saturated carbocycles. The molecular weight excluding hydrogens is 340 g/mol. The van der Waals surface area contributed by atoms with Gasteiger partial charge in [-0.1, -0.05) is 6.07 Å². The summed E-state index contributed by atoms with van der Waals surface area (Å²) in [5.41, 5.74) is 3.87. The molecule has 1 aromatic carbocycles. The summed E-state index contributed by atoms with van der Waals surface area (Å²) in [7, 11) is 1.78. The summed E-state index contributed by atoms with van der Waals surface area (Å²) in [6.07, 6.45) is 4.35. The fourth-order valence-electron chi connectivity index (χ4n) is 4.45. The van der Waals surface area contributed by atoms with Crippen molar-refractivity contribution in [2.24, 2.45) is 18.4 Å². The molecule has 4 rings (SSSR count). The van der Waals surface area contributed by atoms with Crippen molar-refractivity contribution in [1.29, 1.82) is 0 Å². The average Bonchev–Trinajstić information content (AvgIpc) is 3.13. The first kappa shape index (κ1) is 17.8. The molecule has 0 unspecified atom stereocenters. The van der Waals surface area contributed by atoms with Crippen LogP contribution in [0.25, 0.3) is 0 Å². The lowest BCUT2D eigenvalue weighted by Gasteiger charge is -2.32. The molecule has 1 spiro atoms. The van der Waals surface area contributed by atoms with E-state index < -0.39 is 0 Å². The van der Waals surface area contributed by atoms with Crippen LogP contribution in [0.3, 0.4) is 0 Å². The van der Waals surface area contributed by atoms with Gasteiger partial charge in [-0.3, -0.25) is 14.3 Å². The maximum Gasteiger partial charge on any atom is 0.272 e. The maximum absolute atomic E-state index is 12.7. The van der Waals surface area contributed by atoms with E-state index in [1.54, 1.807) is 24.0 Å². The van der Waals surface area contributed by atoms with Crippen LogP contribution in [-0.4, -0.2) is 39.6 Å². The Morgan fingerprint density at radius 1 is 1.15 bits per heavy atom. The molecule has 27 heavy (non-hydrogen) atoms. The molecule has 2 aliphatic rings. The van der Waals surface area contributed by atoms with E-state index in [0.29, 0.717) is 18.8 Å². The molecule has 1 aromatic heterocycles. The van der Waals surface area contributed by atoms with Crippen molar-refractivity contribution < 1.29 is 9.59 Å². The average molecular weight is 366 g/mol. The Morgan fingerprint density at radius 3 is 2.41 bits per heavy atom. The molecule has 1 atom stereocenters. The van der Waals surface area contributed by atoms with Gasteiger partial charge in [0.15, 0.2) is 0 Å². The molecule has 6 heteroatoms. The quantitative estimate of drug-likeness (QED) is 0.908. The molecule has 0 bridgehead atoms. The van der Waals surface area contributed by atoms with Gasteiger partial charge in [0, 0.05) is 37.9 Å². The first-order valence-electron chi connectivity index (χ1n) is 9.54. The Bertz CT molecular complexity index is 873. The SMILES string of the molecule is Cc1cc(C)cc(NC(=O)[C@@H]2CC23CCN(C(=O)c2ccnn2C)CC3)c1. The summed E-state index contributed by atoms with van der Waals surface area (Å²) >= 11 is 0. The molecular formula is C21H26N4O2. The number of benzene rings is 1. The third-order valence-electron chi connectivity index (χ3n) is 6.08. The zero-order valence-electron chi connectivity index (χ0n) is 16.2. The molecule has 1 aliphatic carbocycles. The first-order valence-corrected chi connectivity index (χ1v) is 9.54. The second kappa shape index (κ2) is 6.51. The van der Waals surface area contributed by atoms with Crippen LogP contribution >= 0.6 is 0 Å². The zero-order valence-corrected chi connectivity index (χ0v) is 16.2. The largest absolute Gasteiger partial charge is 0.337 e. The molecule has 2 heterocycles. The molecule has 1 N–H and O–H groups in total. The minimum atomic E-state index is 0.0294. The van der Waals surface area contributed by atoms with Crippen molar-refractivity contribution in [3.8, 4) is 0 Å². The summed E-state index contributed by atoms with van der Waals surface area (Å²) in [5.74, 6) is 0.209. The number of nitrogens with zero attached hydrogens (tertiary/aromatic N) is 3. The summed E-state index contributed by atoms with van der Waals surface area (Å²) in [4.78, 5) is 27.2. The van der Waals surface area contributed by atoms with Crippen molar-refractivity contribution in [3.05, 3.63) is 47.3 Å². The topological polar surface area (TPSA) is 67.2 Å². The van der Waals surface area contributed by atoms with E-state index in [1.165, 1.54) is 0 Å². The van der Waals surface area contributed by atoms with Crippen LogP contribution < -0.4 is 5.32 Å². The highest BCUT2D eigenvalue weighted by Gasteiger charge is 2.58. The van der Waals surface area contributed by atoms with Gasteiger partial charge >= 0.3 is 0 Å². The molecule has 142 valence electrons. The number of carbonyl (C=O) groups is 2. The Labute approximate surface area is 159 Å². The second-order valence-corrected chi connectivity index (χ2v) is 8.12. The number of nitrogens with one attached hydrogen (secondary N) is 1. The van der Waals surface area contributed by atoms with Crippen LogP contribution in [0.5, 0.6) is 0 Å². The van der Waals surface area contributed by atoms with Gasteiger partial charge < -0.3 is 10.2 Å². The zero-order chi connectivity index (χ0) is 19.2. The highest BCUT2D eigenvalue weighted by Crippen LogP contribution is 2.59. The number of likely N-dealkylation sites (tertiary alicyclic amines) is 1. The van der Waals surface area contributed by atoms with E-state index in [1.807, 2.05) is 30.9 Å². The minimum absolute atomic E-state index is 0.0294. The molecule has 2 aromatic rings. The number of carbonyl (C=O) groups excluding carboxylic acids is 2. The Morgan fingerprint density at radius 2 is 1.81 bits per heavy atom. The van der Waals surface area contributed by atoms with Crippen LogP contribution in [0.2, 0.25) is 0 Å². The predicted octanol–water partition coefficient (Wildman–Crippen LogP) is 2.92. The number of hydrogen-bond acceptors (Lipinski definition) is 3. The van der Waals surface area contributed by atoms with Crippen LogP contribution in [0.15, 0.2) is 30.5 Å². The van der Waals surface area contributed by atoms with Gasteiger partial charge in [0.1, 0.15) is 5.69 Å². The van der Waals surface area contributed by atoms with Crippen molar-refractivity contribution in [2.75, 3.05) is 18.4 Å². The molecule has 0 radical (unpaired) electrons. The number of aryl methyl sites for hydroxylation is 3. The van der Waals surface area contributed by atoms with E-state index in [0.717, 1.165) is 36.1 Å². The van der Waals surface area contributed by atoms with Crippen LogP contribution in [0.1, 0.15) is 40.9 Å². The van der Waals surface area contributed by atoms with Crippen LogP contribution in [-0.2, 0) is 11.8 Å². The van der Waals surface area contributed by atoms with Crippen LogP contribution in [0.4, 0.5) is 5.69 Å². The Hall–Kier alpha value is -2.63. The highest BCUT2D eigenvalue weighted by molar-refractivity contribution is 5.95. The number of amides is 2. The molecule has 1 saturated heterocycles.